The van der Waals surface area contributed by atoms with Crippen molar-refractivity contribution in [2.24, 2.45) is 0 Å². The van der Waals surface area contributed by atoms with Gasteiger partial charge in [0.25, 0.3) is 0 Å². The molecule has 0 fully saturated rings. The average Bonchev–Trinajstić information content (AvgIpc) is 3.14. The number of nitrogens with zero attached hydrogens (tertiary/aromatic N) is 1. The SMILES string of the molecule is CCCCc1oc2ccccc2c1C(=O)c1cc(I)c(OCCN(CC)CC)c(I)c1.[H-].[Na+]. The third kappa shape index (κ3) is 6.72. The molecule has 0 saturated heterocycles. The van der Waals surface area contributed by atoms with Crippen LogP contribution < -0.4 is 34.3 Å². The summed E-state index contributed by atoms with van der Waals surface area (Å²) in [5.41, 5.74) is 2.15. The number of halogens is 2. The van der Waals surface area contributed by atoms with E-state index in [1.807, 2.05) is 36.4 Å². The molecule has 0 amide bonds. The average molecular weight is 669 g/mol. The molecule has 0 bridgehead atoms. The van der Waals surface area contributed by atoms with Gasteiger partial charge in [-0.05, 0) is 82.9 Å². The normalized spacial score (nSPS) is 11.1. The number of fused-ring (bicyclic) bond motifs is 1. The molecule has 0 N–H and O–H groups in total. The van der Waals surface area contributed by atoms with Crippen LogP contribution in [-0.2, 0) is 6.42 Å². The van der Waals surface area contributed by atoms with Crippen molar-refractivity contribution in [2.45, 2.75) is 40.0 Å². The zero-order valence-corrected chi connectivity index (χ0v) is 25.7. The minimum Gasteiger partial charge on any atom is -1.00 e. The maximum atomic E-state index is 13.6. The molecule has 0 radical (unpaired) electrons. The van der Waals surface area contributed by atoms with E-state index in [2.05, 4.69) is 70.9 Å². The Balaban J connectivity index is 0.00000272. The Labute approximate surface area is 241 Å². The Bertz CT molecular complexity index is 1030. The number of furan rings is 1. The van der Waals surface area contributed by atoms with Gasteiger partial charge in [0.15, 0.2) is 5.78 Å². The van der Waals surface area contributed by atoms with Crippen LogP contribution in [0, 0.1) is 7.14 Å². The molecule has 0 spiro atoms. The molecule has 0 unspecified atom stereocenters. The molecule has 1 aromatic heterocycles. The molecule has 32 heavy (non-hydrogen) atoms. The summed E-state index contributed by atoms with van der Waals surface area (Å²) < 4.78 is 14.1. The van der Waals surface area contributed by atoms with Crippen molar-refractivity contribution in [1.82, 2.24) is 4.90 Å². The van der Waals surface area contributed by atoms with Crippen LogP contribution in [0.2, 0.25) is 0 Å². The number of para-hydroxylation sites is 1. The largest absolute Gasteiger partial charge is 1.00 e. The molecule has 1 heterocycles. The Morgan fingerprint density at radius 2 is 1.75 bits per heavy atom. The first-order valence-corrected chi connectivity index (χ1v) is 13.0. The maximum absolute atomic E-state index is 13.6. The molecule has 7 heteroatoms. The van der Waals surface area contributed by atoms with Gasteiger partial charge in [0.1, 0.15) is 23.7 Å². The molecule has 0 aliphatic rings. The molecular weight excluding hydrogens is 639 g/mol. The quantitative estimate of drug-likeness (QED) is 0.176. The van der Waals surface area contributed by atoms with Crippen molar-refractivity contribution >= 4 is 61.9 Å². The Kier molecular flexibility index (Phi) is 12.0. The second-order valence-electron chi connectivity index (χ2n) is 7.47. The number of ether oxygens (including phenoxy) is 1. The number of hydrogen-bond donors (Lipinski definition) is 0. The number of benzene rings is 2. The van der Waals surface area contributed by atoms with Gasteiger partial charge in [0.05, 0.1) is 12.7 Å². The summed E-state index contributed by atoms with van der Waals surface area (Å²) >= 11 is 4.54. The number of carbonyl (C=O) groups is 1. The van der Waals surface area contributed by atoms with E-state index in [-0.39, 0.29) is 36.8 Å². The fraction of sp³-hybridized carbons (Fsp3) is 0.400. The zero-order chi connectivity index (χ0) is 22.4. The van der Waals surface area contributed by atoms with E-state index in [4.69, 9.17) is 9.15 Å². The summed E-state index contributed by atoms with van der Waals surface area (Å²) in [4.78, 5) is 15.9. The zero-order valence-electron chi connectivity index (χ0n) is 20.3. The monoisotopic (exact) mass is 669 g/mol. The summed E-state index contributed by atoms with van der Waals surface area (Å²) in [6.07, 6.45) is 2.82. The van der Waals surface area contributed by atoms with Crippen LogP contribution in [0.4, 0.5) is 0 Å². The van der Waals surface area contributed by atoms with Crippen molar-refractivity contribution in [2.75, 3.05) is 26.2 Å². The molecule has 3 aromatic rings. The first-order chi connectivity index (χ1) is 15.0. The van der Waals surface area contributed by atoms with Gasteiger partial charge in [0, 0.05) is 23.9 Å². The van der Waals surface area contributed by atoms with E-state index >= 15 is 0 Å². The van der Waals surface area contributed by atoms with Crippen LogP contribution in [-0.4, -0.2) is 36.9 Å². The minimum atomic E-state index is 0. The summed E-state index contributed by atoms with van der Waals surface area (Å²) in [6, 6.07) is 11.7. The van der Waals surface area contributed by atoms with Crippen LogP contribution in [0.5, 0.6) is 5.75 Å². The smallest absolute Gasteiger partial charge is 1.00 e. The minimum absolute atomic E-state index is 0. The molecule has 0 saturated carbocycles. The van der Waals surface area contributed by atoms with Crippen LogP contribution in [0.15, 0.2) is 40.8 Å². The number of hydrogen-bond acceptors (Lipinski definition) is 4. The maximum Gasteiger partial charge on any atom is 1.00 e. The van der Waals surface area contributed by atoms with Crippen LogP contribution >= 0.6 is 45.2 Å². The molecule has 168 valence electrons. The van der Waals surface area contributed by atoms with Crippen molar-refractivity contribution < 1.29 is 44.9 Å². The Hall–Kier alpha value is -0.130. The first kappa shape index (κ1) is 28.1. The van der Waals surface area contributed by atoms with Crippen LogP contribution in [0.1, 0.15) is 56.7 Å². The summed E-state index contributed by atoms with van der Waals surface area (Å²) in [5, 5.41) is 0.892. The molecule has 0 aliphatic carbocycles. The third-order valence-electron chi connectivity index (χ3n) is 5.46. The van der Waals surface area contributed by atoms with E-state index in [0.717, 1.165) is 68.5 Å². The number of unbranched alkanes of at least 4 members (excludes halogenated alkanes) is 1. The molecular formula is C25H30I2NNaO3. The van der Waals surface area contributed by atoms with Crippen molar-refractivity contribution in [3.63, 3.8) is 0 Å². The van der Waals surface area contributed by atoms with Crippen molar-refractivity contribution in [3.05, 3.63) is 60.4 Å². The van der Waals surface area contributed by atoms with E-state index < -0.39 is 0 Å². The molecule has 0 atom stereocenters. The Morgan fingerprint density at radius 1 is 1.09 bits per heavy atom. The fourth-order valence-corrected chi connectivity index (χ4v) is 5.73. The fourth-order valence-electron chi connectivity index (χ4n) is 3.65. The van der Waals surface area contributed by atoms with E-state index in [9.17, 15) is 4.79 Å². The van der Waals surface area contributed by atoms with Gasteiger partial charge in [-0.1, -0.05) is 45.4 Å². The second kappa shape index (κ2) is 13.7. The van der Waals surface area contributed by atoms with Gasteiger partial charge in [-0.2, -0.15) is 0 Å². The summed E-state index contributed by atoms with van der Waals surface area (Å²) in [6.45, 7) is 10.0. The number of likely N-dealkylation sites (N-methyl/N-ethyl adjacent to an activating group) is 1. The molecule has 0 aliphatic heterocycles. The van der Waals surface area contributed by atoms with Crippen LogP contribution in [0.25, 0.3) is 11.0 Å². The molecule has 3 rings (SSSR count). The number of aryl methyl sites for hydroxylation is 1. The van der Waals surface area contributed by atoms with Crippen LogP contribution in [0.3, 0.4) is 0 Å². The van der Waals surface area contributed by atoms with Gasteiger partial charge < -0.3 is 15.5 Å². The number of carbonyl (C=O) groups excluding carboxylic acids is 1. The van der Waals surface area contributed by atoms with Gasteiger partial charge in [-0.3, -0.25) is 4.79 Å². The summed E-state index contributed by atoms with van der Waals surface area (Å²) in [7, 11) is 0. The Morgan fingerprint density at radius 3 is 2.38 bits per heavy atom. The van der Waals surface area contributed by atoms with Crippen molar-refractivity contribution in [3.8, 4) is 5.75 Å². The van der Waals surface area contributed by atoms with Gasteiger partial charge in [-0.15, -0.1) is 0 Å². The second-order valence-corrected chi connectivity index (χ2v) is 9.80. The topological polar surface area (TPSA) is 42.7 Å². The van der Waals surface area contributed by atoms with E-state index in [0.29, 0.717) is 17.7 Å². The van der Waals surface area contributed by atoms with Crippen molar-refractivity contribution in [1.29, 1.82) is 0 Å². The molecule has 2 aromatic carbocycles. The summed E-state index contributed by atoms with van der Waals surface area (Å²) in [5.74, 6) is 1.66. The number of ketones is 1. The van der Waals surface area contributed by atoms with E-state index in [1.54, 1.807) is 0 Å². The third-order valence-corrected chi connectivity index (χ3v) is 7.06. The number of rotatable bonds is 11. The van der Waals surface area contributed by atoms with E-state index in [1.165, 1.54) is 0 Å². The van der Waals surface area contributed by atoms with Gasteiger partial charge in [-0.25, -0.2) is 0 Å². The van der Waals surface area contributed by atoms with Gasteiger partial charge >= 0.3 is 29.6 Å². The standard InChI is InChI=1S/C25H29I2NO3.Na.H/c1-4-7-11-22-23(18-10-8-9-12-21(18)31-22)24(29)17-15-19(26)25(20(27)16-17)30-14-13-28(5-2)6-3;;/h8-10,12,15-16H,4-7,11,13-14H2,1-3H3;;/q;+1;-1. The first-order valence-electron chi connectivity index (χ1n) is 10.9. The molecule has 4 nitrogen and oxygen atoms in total. The predicted octanol–water partition coefficient (Wildman–Crippen LogP) is 4.05. The van der Waals surface area contributed by atoms with Gasteiger partial charge in [0.2, 0.25) is 0 Å². The predicted molar refractivity (Wildman–Crippen MR) is 145 cm³/mol.